The monoisotopic (exact) mass is 442 g/mol. The van der Waals surface area contributed by atoms with Crippen molar-refractivity contribution in [3.63, 3.8) is 0 Å². The minimum atomic E-state index is -3.81. The van der Waals surface area contributed by atoms with Gasteiger partial charge < -0.3 is 4.90 Å². The molecule has 0 aliphatic rings. The molecule has 1 atom stereocenters. The summed E-state index contributed by atoms with van der Waals surface area (Å²) in [4.78, 5) is 19.5. The van der Waals surface area contributed by atoms with Crippen LogP contribution in [0.1, 0.15) is 27.5 Å². The van der Waals surface area contributed by atoms with Crippen LogP contribution < -0.4 is 0 Å². The number of rotatable bonds is 7. The zero-order valence-corrected chi connectivity index (χ0v) is 18.2. The van der Waals surface area contributed by atoms with Crippen molar-refractivity contribution < 1.29 is 22.4 Å². The number of halogens is 1. The first kappa shape index (κ1) is 22.6. The van der Waals surface area contributed by atoms with E-state index in [9.17, 15) is 17.6 Å². The Morgan fingerprint density at radius 2 is 1.42 bits per heavy atom. The summed E-state index contributed by atoms with van der Waals surface area (Å²) in [5.41, 5.74) is 1.94. The summed E-state index contributed by atoms with van der Waals surface area (Å²) in [6.07, 6.45) is 0. The fraction of sp³-hybridized carbons (Fsp3) is 0.174. The Kier molecular flexibility index (Phi) is 6.84. The summed E-state index contributed by atoms with van der Waals surface area (Å²) in [5.74, 6) is -0.662. The average Bonchev–Trinajstić information content (AvgIpc) is 2.80. The predicted octanol–water partition coefficient (Wildman–Crippen LogP) is 3.87. The molecule has 1 amide bonds. The second-order valence-corrected chi connectivity index (χ2v) is 8.84. The minimum Gasteiger partial charge on any atom is -0.331 e. The standard InChI is InChI=1S/C23H23FN2O4S/c1-25(22(17-7-5-4-6-8-17)18-9-13-20(24)14-10-18)23(27)19-11-15-21(16-12-19)31(28,29)26(2)30-3/h4-16,22H,1-3H3. The molecule has 6 nitrogen and oxygen atoms in total. The number of hydrogen-bond acceptors (Lipinski definition) is 4. The number of benzene rings is 3. The number of carbonyl (C=O) groups is 1. The second kappa shape index (κ2) is 9.38. The van der Waals surface area contributed by atoms with E-state index in [2.05, 4.69) is 0 Å². The summed E-state index contributed by atoms with van der Waals surface area (Å²) in [6.45, 7) is 0. The number of nitrogens with zero attached hydrogens (tertiary/aromatic N) is 2. The third-order valence-electron chi connectivity index (χ3n) is 5.00. The molecule has 0 N–H and O–H groups in total. The molecule has 0 spiro atoms. The van der Waals surface area contributed by atoms with Crippen LogP contribution in [0.2, 0.25) is 0 Å². The number of hydrogen-bond donors (Lipinski definition) is 0. The molecular weight excluding hydrogens is 419 g/mol. The largest absolute Gasteiger partial charge is 0.331 e. The molecule has 0 radical (unpaired) electrons. The van der Waals surface area contributed by atoms with Crippen molar-refractivity contribution >= 4 is 15.9 Å². The van der Waals surface area contributed by atoms with E-state index >= 15 is 0 Å². The van der Waals surface area contributed by atoms with E-state index in [4.69, 9.17) is 4.84 Å². The van der Waals surface area contributed by atoms with E-state index in [0.717, 1.165) is 15.6 Å². The topological polar surface area (TPSA) is 66.9 Å². The quantitative estimate of drug-likeness (QED) is 0.521. The Morgan fingerprint density at radius 3 is 1.97 bits per heavy atom. The van der Waals surface area contributed by atoms with Crippen molar-refractivity contribution in [3.8, 4) is 0 Å². The number of sulfonamides is 1. The lowest BCUT2D eigenvalue weighted by molar-refractivity contribution is -0.0258. The Bertz CT molecular complexity index is 1130. The van der Waals surface area contributed by atoms with Gasteiger partial charge in [-0.15, -0.1) is 0 Å². The molecule has 0 heterocycles. The van der Waals surface area contributed by atoms with Gasteiger partial charge in [-0.05, 0) is 47.5 Å². The van der Waals surface area contributed by atoms with Crippen LogP contribution in [0.3, 0.4) is 0 Å². The first-order chi connectivity index (χ1) is 14.8. The molecule has 0 bridgehead atoms. The van der Waals surface area contributed by atoms with Crippen molar-refractivity contribution in [1.29, 1.82) is 0 Å². The van der Waals surface area contributed by atoms with Crippen molar-refractivity contribution in [2.24, 2.45) is 0 Å². The fourth-order valence-electron chi connectivity index (χ4n) is 3.26. The van der Waals surface area contributed by atoms with E-state index in [1.165, 1.54) is 50.6 Å². The van der Waals surface area contributed by atoms with Gasteiger partial charge in [-0.25, -0.2) is 12.8 Å². The van der Waals surface area contributed by atoms with Gasteiger partial charge in [0.2, 0.25) is 0 Å². The van der Waals surface area contributed by atoms with Crippen LogP contribution in [0, 0.1) is 5.82 Å². The molecule has 1 unspecified atom stereocenters. The fourth-order valence-corrected chi connectivity index (χ4v) is 4.23. The van der Waals surface area contributed by atoms with E-state index in [0.29, 0.717) is 5.56 Å². The third kappa shape index (κ3) is 4.82. The van der Waals surface area contributed by atoms with Gasteiger partial charge in [0.1, 0.15) is 5.82 Å². The van der Waals surface area contributed by atoms with Gasteiger partial charge in [0.15, 0.2) is 0 Å². The SMILES string of the molecule is CON(C)S(=O)(=O)c1ccc(C(=O)N(C)C(c2ccccc2)c2ccc(F)cc2)cc1. The van der Waals surface area contributed by atoms with Crippen LogP contribution >= 0.6 is 0 Å². The molecule has 8 heteroatoms. The van der Waals surface area contributed by atoms with Crippen LogP contribution in [0.15, 0.2) is 83.8 Å². The molecule has 0 aliphatic heterocycles. The van der Waals surface area contributed by atoms with Gasteiger partial charge in [-0.3, -0.25) is 9.63 Å². The molecular formula is C23H23FN2O4S. The van der Waals surface area contributed by atoms with E-state index in [1.54, 1.807) is 24.1 Å². The smallest absolute Gasteiger partial charge is 0.264 e. The molecule has 3 rings (SSSR count). The summed E-state index contributed by atoms with van der Waals surface area (Å²) in [6, 6.07) is 20.6. The predicted molar refractivity (Wildman–Crippen MR) is 115 cm³/mol. The van der Waals surface area contributed by atoms with E-state index < -0.39 is 16.1 Å². The molecule has 0 aliphatic carbocycles. The molecule has 3 aromatic rings. The van der Waals surface area contributed by atoms with Crippen LogP contribution in [0.25, 0.3) is 0 Å². The molecule has 0 aromatic heterocycles. The Morgan fingerprint density at radius 1 is 0.871 bits per heavy atom. The Labute approximate surface area is 181 Å². The normalized spacial score (nSPS) is 12.5. The van der Waals surface area contributed by atoms with Crippen LogP contribution in [-0.2, 0) is 14.9 Å². The molecule has 0 saturated heterocycles. The van der Waals surface area contributed by atoms with Gasteiger partial charge >= 0.3 is 0 Å². The lowest BCUT2D eigenvalue weighted by Gasteiger charge is -2.29. The maximum absolute atomic E-state index is 13.5. The first-order valence-corrected chi connectivity index (χ1v) is 10.9. The highest BCUT2D eigenvalue weighted by atomic mass is 32.2. The average molecular weight is 443 g/mol. The Hall–Kier alpha value is -3.07. The van der Waals surface area contributed by atoms with Gasteiger partial charge in [0.05, 0.1) is 18.0 Å². The van der Waals surface area contributed by atoms with Crippen LogP contribution in [0.5, 0.6) is 0 Å². The molecule has 0 saturated carbocycles. The highest BCUT2D eigenvalue weighted by Crippen LogP contribution is 2.29. The summed E-state index contributed by atoms with van der Waals surface area (Å²) < 4.78 is 38.9. The van der Waals surface area contributed by atoms with Crippen molar-refractivity contribution in [2.75, 3.05) is 21.2 Å². The van der Waals surface area contributed by atoms with Crippen molar-refractivity contribution in [3.05, 3.63) is 101 Å². The molecule has 31 heavy (non-hydrogen) atoms. The number of amides is 1. The van der Waals surface area contributed by atoms with Gasteiger partial charge in [0.25, 0.3) is 15.9 Å². The van der Waals surface area contributed by atoms with Gasteiger partial charge in [-0.1, -0.05) is 46.9 Å². The third-order valence-corrected chi connectivity index (χ3v) is 6.70. The molecule has 162 valence electrons. The van der Waals surface area contributed by atoms with Crippen molar-refractivity contribution in [1.82, 2.24) is 9.37 Å². The number of hydroxylamine groups is 1. The van der Waals surface area contributed by atoms with E-state index in [1.807, 2.05) is 30.3 Å². The molecule has 0 fully saturated rings. The maximum atomic E-state index is 13.5. The zero-order valence-electron chi connectivity index (χ0n) is 17.4. The van der Waals surface area contributed by atoms with Crippen LogP contribution in [-0.4, -0.2) is 44.9 Å². The van der Waals surface area contributed by atoms with Crippen molar-refractivity contribution in [2.45, 2.75) is 10.9 Å². The first-order valence-electron chi connectivity index (χ1n) is 9.46. The summed E-state index contributed by atoms with van der Waals surface area (Å²) in [7, 11) is 0.393. The highest BCUT2D eigenvalue weighted by Gasteiger charge is 2.26. The van der Waals surface area contributed by atoms with E-state index in [-0.39, 0.29) is 16.6 Å². The van der Waals surface area contributed by atoms with Crippen LogP contribution in [0.4, 0.5) is 4.39 Å². The summed E-state index contributed by atoms with van der Waals surface area (Å²) in [5, 5.41) is 0. The maximum Gasteiger partial charge on any atom is 0.264 e. The minimum absolute atomic E-state index is 0.00852. The van der Waals surface area contributed by atoms with Gasteiger partial charge in [0, 0.05) is 19.7 Å². The lowest BCUT2D eigenvalue weighted by Crippen LogP contribution is -2.32. The summed E-state index contributed by atoms with van der Waals surface area (Å²) >= 11 is 0. The number of carbonyl (C=O) groups excluding carboxylic acids is 1. The van der Waals surface area contributed by atoms with Gasteiger partial charge in [-0.2, -0.15) is 0 Å². The second-order valence-electron chi connectivity index (χ2n) is 6.90. The highest BCUT2D eigenvalue weighted by molar-refractivity contribution is 7.89. The zero-order chi connectivity index (χ0) is 22.6. The Balaban J connectivity index is 1.94. The molecule has 3 aromatic carbocycles. The lowest BCUT2D eigenvalue weighted by atomic mass is 9.96.